The van der Waals surface area contributed by atoms with Crippen LogP contribution in [0, 0.1) is 17.5 Å². The van der Waals surface area contributed by atoms with Gasteiger partial charge in [-0.2, -0.15) is 0 Å². The van der Waals surface area contributed by atoms with E-state index < -0.39 is 23.0 Å². The van der Waals surface area contributed by atoms with Crippen molar-refractivity contribution in [3.05, 3.63) is 35.4 Å². The van der Waals surface area contributed by atoms with E-state index in [1.165, 1.54) is 11.6 Å². The molecule has 0 aliphatic carbocycles. The largest absolute Gasteiger partial charge is 0.324 e. The first-order chi connectivity index (χ1) is 8.04. The summed E-state index contributed by atoms with van der Waals surface area (Å²) in [7, 11) is 1.53. The summed E-state index contributed by atoms with van der Waals surface area (Å²) in [4.78, 5) is 0. The van der Waals surface area contributed by atoms with Gasteiger partial charge in [0.25, 0.3) is 0 Å². The number of hydrogen-bond acceptors (Lipinski definition) is 3. The lowest BCUT2D eigenvalue weighted by Gasteiger charge is -2.05. The zero-order chi connectivity index (χ0) is 12.6. The first kappa shape index (κ1) is 11.6. The Morgan fingerprint density at radius 2 is 1.76 bits per heavy atom. The third-order valence-electron chi connectivity index (χ3n) is 2.38. The average molecular weight is 242 g/mol. The van der Waals surface area contributed by atoms with E-state index in [0.29, 0.717) is 18.0 Å². The van der Waals surface area contributed by atoms with Crippen molar-refractivity contribution in [3.8, 4) is 11.4 Å². The van der Waals surface area contributed by atoms with Gasteiger partial charge in [0.05, 0.1) is 12.1 Å². The minimum Gasteiger partial charge on any atom is -0.324 e. The number of nitrogens with zero attached hydrogens (tertiary/aromatic N) is 3. The molecule has 4 nitrogen and oxygen atoms in total. The van der Waals surface area contributed by atoms with Gasteiger partial charge in [0.15, 0.2) is 5.82 Å². The van der Waals surface area contributed by atoms with Gasteiger partial charge >= 0.3 is 0 Å². The number of hydrogen-bond donors (Lipinski definition) is 1. The zero-order valence-corrected chi connectivity index (χ0v) is 8.91. The summed E-state index contributed by atoms with van der Waals surface area (Å²) in [5, 5.41) is 7.31. The lowest BCUT2D eigenvalue weighted by Crippen LogP contribution is -2.06. The molecule has 0 fully saturated rings. The Kier molecular flexibility index (Phi) is 2.84. The monoisotopic (exact) mass is 242 g/mol. The third-order valence-corrected chi connectivity index (χ3v) is 2.38. The van der Waals surface area contributed by atoms with Crippen LogP contribution in [0.5, 0.6) is 0 Å². The second kappa shape index (κ2) is 4.17. The first-order valence-corrected chi connectivity index (χ1v) is 4.78. The Morgan fingerprint density at radius 1 is 1.18 bits per heavy atom. The lowest BCUT2D eigenvalue weighted by molar-refractivity contribution is 0.545. The Morgan fingerprint density at radius 3 is 2.24 bits per heavy atom. The smallest absolute Gasteiger partial charge is 0.169 e. The Hall–Kier alpha value is -1.89. The fraction of sp³-hybridized carbons (Fsp3) is 0.200. The summed E-state index contributed by atoms with van der Waals surface area (Å²) in [5.41, 5.74) is 4.96. The van der Waals surface area contributed by atoms with Crippen molar-refractivity contribution in [2.24, 2.45) is 12.8 Å². The van der Waals surface area contributed by atoms with Crippen molar-refractivity contribution in [3.63, 3.8) is 0 Å². The van der Waals surface area contributed by atoms with Crippen LogP contribution in [-0.2, 0) is 13.6 Å². The summed E-state index contributed by atoms with van der Waals surface area (Å²) in [6.07, 6.45) is 0. The normalized spacial score (nSPS) is 10.9. The number of halogens is 3. The van der Waals surface area contributed by atoms with Crippen LogP contribution in [0.3, 0.4) is 0 Å². The third kappa shape index (κ3) is 1.89. The standard InChI is InChI=1S/C10H9F3N4/c1-17-8(4-14)15-16-10(17)9-6(12)2-5(11)3-7(9)13/h2-3H,4,14H2,1H3. The second-order valence-corrected chi connectivity index (χ2v) is 3.45. The molecule has 2 N–H and O–H groups in total. The van der Waals surface area contributed by atoms with E-state index in [2.05, 4.69) is 10.2 Å². The highest BCUT2D eigenvalue weighted by atomic mass is 19.1. The molecule has 0 unspecified atom stereocenters. The van der Waals surface area contributed by atoms with Gasteiger partial charge in [0.1, 0.15) is 23.3 Å². The van der Waals surface area contributed by atoms with Crippen LogP contribution in [-0.4, -0.2) is 14.8 Å². The Bertz CT molecular complexity index is 542. The van der Waals surface area contributed by atoms with Crippen molar-refractivity contribution >= 4 is 0 Å². The predicted molar refractivity (Wildman–Crippen MR) is 54.2 cm³/mol. The maximum Gasteiger partial charge on any atom is 0.169 e. The van der Waals surface area contributed by atoms with Gasteiger partial charge in [0.2, 0.25) is 0 Å². The first-order valence-electron chi connectivity index (χ1n) is 4.78. The molecule has 1 heterocycles. The van der Waals surface area contributed by atoms with Crippen LogP contribution in [0.25, 0.3) is 11.4 Å². The summed E-state index contributed by atoms with van der Waals surface area (Å²) < 4.78 is 41.1. The van der Waals surface area contributed by atoms with Crippen molar-refractivity contribution in [1.29, 1.82) is 0 Å². The molecule has 0 spiro atoms. The van der Waals surface area contributed by atoms with E-state index in [4.69, 9.17) is 5.73 Å². The van der Waals surface area contributed by atoms with Crippen molar-refractivity contribution in [2.45, 2.75) is 6.54 Å². The predicted octanol–water partition coefficient (Wildman–Crippen LogP) is 1.36. The molecule has 0 bridgehead atoms. The highest BCUT2D eigenvalue weighted by Gasteiger charge is 2.19. The van der Waals surface area contributed by atoms with E-state index in [0.717, 1.165) is 0 Å². The molecule has 1 aromatic heterocycles. The molecule has 0 saturated heterocycles. The molecular weight excluding hydrogens is 233 g/mol. The quantitative estimate of drug-likeness (QED) is 0.865. The molecule has 2 rings (SSSR count). The molecule has 0 atom stereocenters. The van der Waals surface area contributed by atoms with Gasteiger partial charge in [-0.05, 0) is 0 Å². The lowest BCUT2D eigenvalue weighted by atomic mass is 10.2. The van der Waals surface area contributed by atoms with E-state index in [1.807, 2.05) is 0 Å². The van der Waals surface area contributed by atoms with Gasteiger partial charge in [0, 0.05) is 19.2 Å². The van der Waals surface area contributed by atoms with Crippen LogP contribution in [0.1, 0.15) is 5.82 Å². The van der Waals surface area contributed by atoms with Gasteiger partial charge in [-0.3, -0.25) is 0 Å². The van der Waals surface area contributed by atoms with Crippen LogP contribution in [0.15, 0.2) is 12.1 Å². The van der Waals surface area contributed by atoms with Gasteiger partial charge in [-0.1, -0.05) is 0 Å². The van der Waals surface area contributed by atoms with Crippen LogP contribution in [0.2, 0.25) is 0 Å². The van der Waals surface area contributed by atoms with Gasteiger partial charge in [-0.15, -0.1) is 10.2 Å². The topological polar surface area (TPSA) is 56.7 Å². The van der Waals surface area contributed by atoms with E-state index in [9.17, 15) is 13.2 Å². The van der Waals surface area contributed by atoms with Crippen molar-refractivity contribution in [1.82, 2.24) is 14.8 Å². The highest BCUT2D eigenvalue weighted by molar-refractivity contribution is 5.57. The second-order valence-electron chi connectivity index (χ2n) is 3.45. The van der Waals surface area contributed by atoms with E-state index in [-0.39, 0.29) is 12.4 Å². The van der Waals surface area contributed by atoms with Crippen molar-refractivity contribution in [2.75, 3.05) is 0 Å². The molecule has 17 heavy (non-hydrogen) atoms. The molecule has 0 radical (unpaired) electrons. The Labute approximate surface area is 94.9 Å². The number of benzene rings is 1. The molecular formula is C10H9F3N4. The summed E-state index contributed by atoms with van der Waals surface area (Å²) in [5.74, 6) is -2.68. The van der Waals surface area contributed by atoms with E-state index >= 15 is 0 Å². The fourth-order valence-corrected chi connectivity index (χ4v) is 1.51. The van der Waals surface area contributed by atoms with Gasteiger partial charge < -0.3 is 10.3 Å². The molecule has 0 saturated carbocycles. The maximum absolute atomic E-state index is 13.5. The number of nitrogens with two attached hydrogens (primary N) is 1. The summed E-state index contributed by atoms with van der Waals surface area (Å²) in [6, 6.07) is 1.18. The minimum absolute atomic E-state index is 0.0274. The highest BCUT2D eigenvalue weighted by Crippen LogP contribution is 2.25. The van der Waals surface area contributed by atoms with Crippen LogP contribution in [0.4, 0.5) is 13.2 Å². The summed E-state index contributed by atoms with van der Waals surface area (Å²) >= 11 is 0. The maximum atomic E-state index is 13.5. The molecule has 90 valence electrons. The zero-order valence-electron chi connectivity index (χ0n) is 8.91. The molecule has 2 aromatic rings. The van der Waals surface area contributed by atoms with Crippen molar-refractivity contribution < 1.29 is 13.2 Å². The number of rotatable bonds is 2. The molecule has 7 heteroatoms. The van der Waals surface area contributed by atoms with E-state index in [1.54, 1.807) is 0 Å². The van der Waals surface area contributed by atoms with Crippen LogP contribution < -0.4 is 5.73 Å². The number of aromatic nitrogens is 3. The molecule has 0 aliphatic heterocycles. The molecule has 0 aliphatic rings. The van der Waals surface area contributed by atoms with Gasteiger partial charge in [-0.25, -0.2) is 13.2 Å². The fourth-order valence-electron chi connectivity index (χ4n) is 1.51. The van der Waals surface area contributed by atoms with Crippen LogP contribution >= 0.6 is 0 Å². The molecule has 1 aromatic carbocycles. The summed E-state index contributed by atoms with van der Waals surface area (Å²) in [6.45, 7) is 0.0912. The Balaban J connectivity index is 2.64. The minimum atomic E-state index is -1.03. The SMILES string of the molecule is Cn1c(CN)nnc1-c1c(F)cc(F)cc1F. The average Bonchev–Trinajstić information content (AvgIpc) is 2.59. The molecule has 0 amide bonds.